The molecule has 0 saturated heterocycles. The second-order valence-corrected chi connectivity index (χ2v) is 4.71. The maximum atomic E-state index is 4.54. The van der Waals surface area contributed by atoms with Crippen LogP contribution >= 0.6 is 15.9 Å². The molecule has 88 valence electrons. The van der Waals surface area contributed by atoms with Gasteiger partial charge < -0.3 is 10.2 Å². The summed E-state index contributed by atoms with van der Waals surface area (Å²) in [5, 5.41) is 3.13. The first kappa shape index (κ1) is 10.7. The number of rotatable bonds is 2. The molecule has 1 N–H and O–H groups in total. The Kier molecular flexibility index (Phi) is 2.58. The third-order valence-electron chi connectivity index (χ3n) is 2.72. The molecule has 0 fully saturated rings. The monoisotopic (exact) mass is 293 g/mol. The van der Waals surface area contributed by atoms with Crippen LogP contribution in [-0.2, 0) is 0 Å². The highest BCUT2D eigenvalue weighted by Gasteiger charge is 2.28. The highest BCUT2D eigenvalue weighted by atomic mass is 79.9. The molecule has 2 aliphatic heterocycles. The predicted molar refractivity (Wildman–Crippen MR) is 72.7 cm³/mol. The molecule has 0 spiro atoms. The van der Waals surface area contributed by atoms with Gasteiger partial charge in [0.2, 0.25) is 5.95 Å². The molecule has 0 unspecified atom stereocenters. The molecular weight excluding hydrogens is 282 g/mol. The highest BCUT2D eigenvalue weighted by Crippen LogP contribution is 2.32. The van der Waals surface area contributed by atoms with Gasteiger partial charge in [0.25, 0.3) is 0 Å². The van der Waals surface area contributed by atoms with Gasteiger partial charge in [-0.2, -0.15) is 4.98 Å². The van der Waals surface area contributed by atoms with Crippen molar-refractivity contribution >= 4 is 39.6 Å². The average molecular weight is 294 g/mol. The first-order chi connectivity index (χ1) is 8.29. The normalized spacial score (nSPS) is 17.2. The van der Waals surface area contributed by atoms with Gasteiger partial charge >= 0.3 is 0 Å². The van der Waals surface area contributed by atoms with Crippen LogP contribution in [0.5, 0.6) is 0 Å². The molecule has 0 aromatic carbocycles. The number of aromatic nitrogens is 2. The van der Waals surface area contributed by atoms with E-state index >= 15 is 0 Å². The first-order valence-corrected chi connectivity index (χ1v) is 6.39. The van der Waals surface area contributed by atoms with Gasteiger partial charge in [-0.05, 0) is 28.9 Å². The van der Waals surface area contributed by atoms with Crippen LogP contribution in [0.3, 0.4) is 0 Å². The lowest BCUT2D eigenvalue weighted by molar-refractivity contribution is 0.978. The van der Waals surface area contributed by atoms with Gasteiger partial charge in [-0.1, -0.05) is 0 Å². The van der Waals surface area contributed by atoms with Gasteiger partial charge in [0, 0.05) is 24.8 Å². The van der Waals surface area contributed by atoms with Crippen LogP contribution in [0.2, 0.25) is 0 Å². The summed E-state index contributed by atoms with van der Waals surface area (Å²) >= 11 is 3.53. The third kappa shape index (κ3) is 1.72. The van der Waals surface area contributed by atoms with Crippen molar-refractivity contribution < 1.29 is 0 Å². The fourth-order valence-corrected chi connectivity index (χ4v) is 2.59. The Hall–Kier alpha value is -1.43. The van der Waals surface area contributed by atoms with Gasteiger partial charge in [0.1, 0.15) is 11.7 Å². The number of nitrogens with zero attached hydrogens (tertiary/aromatic N) is 4. The highest BCUT2D eigenvalue weighted by molar-refractivity contribution is 9.12. The van der Waals surface area contributed by atoms with E-state index in [1.54, 1.807) is 0 Å². The molecular formula is C11H12BrN5. The second kappa shape index (κ2) is 4.10. The summed E-state index contributed by atoms with van der Waals surface area (Å²) in [5.41, 5.74) is 1.03. The minimum atomic E-state index is 0.670. The molecule has 5 nitrogen and oxygen atoms in total. The van der Waals surface area contributed by atoms with Gasteiger partial charge in [-0.15, -0.1) is 0 Å². The summed E-state index contributed by atoms with van der Waals surface area (Å²) in [4.78, 5) is 15.4. The summed E-state index contributed by atoms with van der Waals surface area (Å²) < 4.78 is 1.00. The van der Waals surface area contributed by atoms with E-state index in [9.17, 15) is 0 Å². The van der Waals surface area contributed by atoms with Crippen LogP contribution in [0.25, 0.3) is 6.08 Å². The van der Waals surface area contributed by atoms with Crippen LogP contribution in [0.15, 0.2) is 15.7 Å². The Balaban J connectivity index is 2.08. The number of hydrogen-bond donors (Lipinski definition) is 1. The van der Waals surface area contributed by atoms with E-state index in [0.29, 0.717) is 5.95 Å². The summed E-state index contributed by atoms with van der Waals surface area (Å²) in [6.07, 6.45) is 3.86. The van der Waals surface area contributed by atoms with Crippen molar-refractivity contribution in [2.75, 3.05) is 29.9 Å². The van der Waals surface area contributed by atoms with Crippen molar-refractivity contribution in [1.29, 1.82) is 0 Å². The van der Waals surface area contributed by atoms with E-state index in [1.165, 1.54) is 0 Å². The number of amidine groups is 1. The zero-order valence-electron chi connectivity index (χ0n) is 9.44. The van der Waals surface area contributed by atoms with E-state index in [4.69, 9.17) is 0 Å². The molecule has 0 amide bonds. The second-order valence-electron chi connectivity index (χ2n) is 3.85. The van der Waals surface area contributed by atoms with Crippen LogP contribution < -0.4 is 10.2 Å². The molecule has 2 aliphatic rings. The van der Waals surface area contributed by atoms with Gasteiger partial charge in [0.05, 0.1) is 11.0 Å². The summed E-state index contributed by atoms with van der Waals surface area (Å²) in [7, 11) is 0. The maximum Gasteiger partial charge on any atom is 0.224 e. The van der Waals surface area contributed by atoms with Crippen molar-refractivity contribution in [2.45, 2.75) is 6.92 Å². The first-order valence-electron chi connectivity index (χ1n) is 5.60. The summed E-state index contributed by atoms with van der Waals surface area (Å²) in [6.45, 7) is 4.55. The van der Waals surface area contributed by atoms with E-state index in [2.05, 4.69) is 41.1 Å². The number of aliphatic imine (C=N–C) groups is 1. The van der Waals surface area contributed by atoms with E-state index in [1.807, 2.05) is 19.2 Å². The van der Waals surface area contributed by atoms with Crippen molar-refractivity contribution in [3.63, 3.8) is 0 Å². The number of hydrogen-bond acceptors (Lipinski definition) is 5. The number of nitrogens with one attached hydrogen (secondary N) is 1. The molecule has 17 heavy (non-hydrogen) atoms. The molecule has 0 aliphatic carbocycles. The summed E-state index contributed by atoms with van der Waals surface area (Å²) in [5.74, 6) is 2.58. The lowest BCUT2D eigenvalue weighted by atomic mass is 10.2. The Morgan fingerprint density at radius 3 is 3.24 bits per heavy atom. The molecule has 1 aromatic rings. The smallest absolute Gasteiger partial charge is 0.224 e. The molecule has 6 heteroatoms. The number of anilines is 2. The maximum absolute atomic E-state index is 4.54. The van der Waals surface area contributed by atoms with E-state index in [-0.39, 0.29) is 0 Å². The van der Waals surface area contributed by atoms with E-state index < -0.39 is 0 Å². The third-order valence-corrected chi connectivity index (χ3v) is 3.31. The minimum absolute atomic E-state index is 0.670. The van der Waals surface area contributed by atoms with Crippen LogP contribution in [0.1, 0.15) is 12.5 Å². The zero-order chi connectivity index (χ0) is 11.8. The van der Waals surface area contributed by atoms with Crippen LogP contribution in [0.4, 0.5) is 11.8 Å². The zero-order valence-corrected chi connectivity index (χ0v) is 11.0. The molecule has 1 aromatic heterocycles. The molecule has 0 saturated carbocycles. The number of fused-ring (bicyclic) bond motifs is 3. The Morgan fingerprint density at radius 2 is 2.41 bits per heavy atom. The quantitative estimate of drug-likeness (QED) is 0.905. The van der Waals surface area contributed by atoms with E-state index in [0.717, 1.165) is 41.3 Å². The molecule has 3 heterocycles. The topological polar surface area (TPSA) is 53.4 Å². The molecule has 3 rings (SSSR count). The Bertz CT molecular complexity index is 523. The Morgan fingerprint density at radius 1 is 1.53 bits per heavy atom. The van der Waals surface area contributed by atoms with Crippen LogP contribution in [0, 0.1) is 0 Å². The van der Waals surface area contributed by atoms with Crippen molar-refractivity contribution in [3.8, 4) is 0 Å². The van der Waals surface area contributed by atoms with Gasteiger partial charge in [0.15, 0.2) is 0 Å². The van der Waals surface area contributed by atoms with Crippen molar-refractivity contribution in [3.05, 3.63) is 16.2 Å². The fourth-order valence-electron chi connectivity index (χ4n) is 2.00. The minimum Gasteiger partial charge on any atom is -0.354 e. The molecule has 0 atom stereocenters. The standard InChI is InChI=1S/C11H12BrN5/c1-2-13-11-15-6-7-5-8(12)10-14-3-4-17(10)9(7)16-11/h5-6H,2-4H2,1H3,(H,13,15,16). The van der Waals surface area contributed by atoms with Crippen molar-refractivity contribution in [2.24, 2.45) is 4.99 Å². The van der Waals surface area contributed by atoms with Crippen LogP contribution in [-0.4, -0.2) is 35.4 Å². The summed E-state index contributed by atoms with van der Waals surface area (Å²) in [6, 6.07) is 0. The molecule has 0 radical (unpaired) electrons. The lowest BCUT2D eigenvalue weighted by Gasteiger charge is -2.25. The van der Waals surface area contributed by atoms with Gasteiger partial charge in [-0.3, -0.25) is 4.99 Å². The molecule has 0 bridgehead atoms. The SMILES string of the molecule is CCNc1ncc2c(n1)N1CCN=C1C(Br)=C2. The van der Waals surface area contributed by atoms with Crippen molar-refractivity contribution in [1.82, 2.24) is 9.97 Å². The predicted octanol–water partition coefficient (Wildman–Crippen LogP) is 1.88. The fraction of sp³-hybridized carbons (Fsp3) is 0.364. The van der Waals surface area contributed by atoms with Gasteiger partial charge in [-0.25, -0.2) is 4.98 Å². The largest absolute Gasteiger partial charge is 0.354 e. The Labute approximate surface area is 108 Å². The average Bonchev–Trinajstić information content (AvgIpc) is 2.80. The lowest BCUT2D eigenvalue weighted by Crippen LogP contribution is -2.31. The number of halogens is 1.